The normalized spacial score (nSPS) is 12.0. The number of hydrogen-bond acceptors (Lipinski definition) is 8. The maximum atomic E-state index is 12.1. The smallest absolute Gasteiger partial charge is 0.375 e. The molecular weight excluding hydrogens is 350 g/mol. The van der Waals surface area contributed by atoms with Gasteiger partial charge in [-0.3, -0.25) is 14.4 Å². The number of ether oxygens (including phenoxy) is 2. The van der Waals surface area contributed by atoms with Crippen LogP contribution in [0.15, 0.2) is 0 Å². The maximum absolute atomic E-state index is 12.1. The minimum Gasteiger partial charge on any atom is -0.464 e. The van der Waals surface area contributed by atoms with E-state index in [1.165, 1.54) is 0 Å². The zero-order valence-electron chi connectivity index (χ0n) is 15.2. The molecule has 0 aromatic rings. The Morgan fingerprint density at radius 3 is 2.04 bits per heavy atom. The lowest BCUT2D eigenvalue weighted by Crippen LogP contribution is -2.53. The van der Waals surface area contributed by atoms with Crippen molar-refractivity contribution in [2.45, 2.75) is 58.2 Å². The Morgan fingerprint density at radius 2 is 1.56 bits per heavy atom. The Bertz CT molecular complexity index is 531. The van der Waals surface area contributed by atoms with Gasteiger partial charge < -0.3 is 14.8 Å². The molecule has 0 rings (SSSR count). The fraction of sp³-hybridized carbons (Fsp3) is 0.688. The highest BCUT2D eigenvalue weighted by Crippen LogP contribution is 2.31. The van der Waals surface area contributed by atoms with Crippen LogP contribution < -0.4 is 5.32 Å². The number of carbonyl (C=O) groups excluding carboxylic acids is 5. The Kier molecular flexibility index (Phi) is 10.0. The van der Waals surface area contributed by atoms with E-state index in [4.69, 9.17) is 4.74 Å². The lowest BCUT2D eigenvalue weighted by Gasteiger charge is -2.31. The fourth-order valence-electron chi connectivity index (χ4n) is 1.81. The number of Topliss-reactive ketones (excluding diaryl/α,β-unsaturated/α-hetero) is 1. The quantitative estimate of drug-likeness (QED) is 0.342. The van der Waals surface area contributed by atoms with E-state index >= 15 is 0 Å². The zero-order valence-corrected chi connectivity index (χ0v) is 16.0. The molecule has 0 radical (unpaired) electrons. The van der Waals surface area contributed by atoms with Crippen molar-refractivity contribution < 1.29 is 33.4 Å². The van der Waals surface area contributed by atoms with E-state index in [-0.39, 0.29) is 25.5 Å². The van der Waals surface area contributed by atoms with E-state index in [0.717, 1.165) is 0 Å². The third kappa shape index (κ3) is 8.15. The van der Waals surface area contributed by atoms with Crippen molar-refractivity contribution in [3.63, 3.8) is 0 Å². The SMILES string of the molecule is CCOC(=O)C(=O)CC(=O)SC(C)(C)C(NC(=O)CC)C(=O)OCC. The number of carbonyl (C=O) groups is 5. The Labute approximate surface area is 151 Å². The Balaban J connectivity index is 5.08. The summed E-state index contributed by atoms with van der Waals surface area (Å²) in [6.07, 6.45) is -0.490. The van der Waals surface area contributed by atoms with Gasteiger partial charge >= 0.3 is 11.9 Å². The van der Waals surface area contributed by atoms with Crippen molar-refractivity contribution in [1.82, 2.24) is 5.32 Å². The van der Waals surface area contributed by atoms with Gasteiger partial charge in [0.05, 0.1) is 19.6 Å². The summed E-state index contributed by atoms with van der Waals surface area (Å²) in [6, 6.07) is -1.08. The van der Waals surface area contributed by atoms with Gasteiger partial charge in [-0.1, -0.05) is 18.7 Å². The molecule has 25 heavy (non-hydrogen) atoms. The standard InChI is InChI=1S/C16H25NO7S/c1-6-11(19)17-13(15(22)24-8-3)16(4,5)25-12(20)9-10(18)14(21)23-7-2/h13H,6-9H2,1-5H3,(H,17,19). The molecule has 142 valence electrons. The van der Waals surface area contributed by atoms with Crippen LogP contribution in [0.5, 0.6) is 0 Å². The second-order valence-corrected chi connectivity index (χ2v) is 7.22. The van der Waals surface area contributed by atoms with Crippen molar-refractivity contribution in [3.8, 4) is 0 Å². The number of amides is 1. The predicted octanol–water partition coefficient (Wildman–Crippen LogP) is 1.00. The molecule has 1 atom stereocenters. The van der Waals surface area contributed by atoms with E-state index < -0.39 is 40.0 Å². The van der Waals surface area contributed by atoms with Crippen molar-refractivity contribution >= 4 is 40.5 Å². The lowest BCUT2D eigenvalue weighted by molar-refractivity contribution is -0.154. The second kappa shape index (κ2) is 10.9. The molecule has 0 aliphatic rings. The van der Waals surface area contributed by atoms with Gasteiger partial charge in [0.15, 0.2) is 5.12 Å². The van der Waals surface area contributed by atoms with Gasteiger partial charge in [0.1, 0.15) is 6.04 Å². The van der Waals surface area contributed by atoms with Crippen LogP contribution in [0.1, 0.15) is 47.5 Å². The number of hydrogen-bond donors (Lipinski definition) is 1. The summed E-state index contributed by atoms with van der Waals surface area (Å²) < 4.78 is 8.41. The summed E-state index contributed by atoms with van der Waals surface area (Å²) in [4.78, 5) is 58.8. The predicted molar refractivity (Wildman–Crippen MR) is 91.8 cm³/mol. The van der Waals surface area contributed by atoms with Crippen LogP contribution in [0, 0.1) is 0 Å². The highest BCUT2D eigenvalue weighted by molar-refractivity contribution is 8.14. The van der Waals surface area contributed by atoms with Gasteiger partial charge in [-0.25, -0.2) is 9.59 Å². The molecule has 0 fully saturated rings. The van der Waals surface area contributed by atoms with E-state index in [1.54, 1.807) is 34.6 Å². The van der Waals surface area contributed by atoms with Crippen LogP contribution in [0.25, 0.3) is 0 Å². The van der Waals surface area contributed by atoms with E-state index in [1.807, 2.05) is 0 Å². The first-order valence-electron chi connectivity index (χ1n) is 7.96. The summed E-state index contributed by atoms with van der Waals surface area (Å²) in [5, 5.41) is 1.92. The van der Waals surface area contributed by atoms with Crippen LogP contribution in [-0.2, 0) is 33.4 Å². The number of nitrogens with one attached hydrogen (secondary N) is 1. The number of thioether (sulfide) groups is 1. The van der Waals surface area contributed by atoms with Gasteiger partial charge in [-0.05, 0) is 27.7 Å². The third-order valence-electron chi connectivity index (χ3n) is 3.03. The monoisotopic (exact) mass is 375 g/mol. The Hall–Kier alpha value is -1.90. The van der Waals surface area contributed by atoms with Gasteiger partial charge in [-0.2, -0.15) is 0 Å². The molecular formula is C16H25NO7S. The summed E-state index contributed by atoms with van der Waals surface area (Å²) in [5.41, 5.74) is 0. The van der Waals surface area contributed by atoms with Crippen LogP contribution in [0.3, 0.4) is 0 Å². The molecule has 0 aliphatic heterocycles. The van der Waals surface area contributed by atoms with Crippen molar-refractivity contribution in [2.75, 3.05) is 13.2 Å². The number of ketones is 1. The maximum Gasteiger partial charge on any atom is 0.375 e. The molecule has 0 aromatic carbocycles. The van der Waals surface area contributed by atoms with Crippen molar-refractivity contribution in [1.29, 1.82) is 0 Å². The van der Waals surface area contributed by atoms with Gasteiger partial charge in [0.25, 0.3) is 0 Å². The first-order valence-corrected chi connectivity index (χ1v) is 8.78. The molecule has 0 aliphatic carbocycles. The lowest BCUT2D eigenvalue weighted by atomic mass is 10.0. The highest BCUT2D eigenvalue weighted by Gasteiger charge is 2.40. The van der Waals surface area contributed by atoms with Crippen LogP contribution in [-0.4, -0.2) is 52.7 Å². The largest absolute Gasteiger partial charge is 0.464 e. The van der Waals surface area contributed by atoms with Gasteiger partial charge in [-0.15, -0.1) is 0 Å². The van der Waals surface area contributed by atoms with Crippen molar-refractivity contribution in [2.24, 2.45) is 0 Å². The zero-order chi connectivity index (χ0) is 19.6. The molecule has 1 amide bonds. The third-order valence-corrected chi connectivity index (χ3v) is 4.16. The molecule has 0 saturated heterocycles. The molecule has 0 spiro atoms. The second-order valence-electron chi connectivity index (χ2n) is 5.50. The minimum absolute atomic E-state index is 0.0331. The summed E-state index contributed by atoms with van der Waals surface area (Å²) in [6.45, 7) is 8.09. The average Bonchev–Trinajstić information content (AvgIpc) is 2.51. The number of rotatable bonds is 10. The minimum atomic E-state index is -1.08. The molecule has 0 bridgehead atoms. The average molecular weight is 375 g/mol. The number of esters is 2. The molecule has 1 unspecified atom stereocenters. The summed E-state index contributed by atoms with van der Waals surface area (Å²) in [7, 11) is 0. The highest BCUT2D eigenvalue weighted by atomic mass is 32.2. The van der Waals surface area contributed by atoms with Gasteiger partial charge in [0.2, 0.25) is 11.7 Å². The summed E-state index contributed by atoms with van der Waals surface area (Å²) >= 11 is 0.697. The molecule has 0 heterocycles. The Morgan fingerprint density at radius 1 is 1.00 bits per heavy atom. The van der Waals surface area contributed by atoms with E-state index in [9.17, 15) is 24.0 Å². The molecule has 0 saturated carbocycles. The van der Waals surface area contributed by atoms with Crippen LogP contribution in [0.2, 0.25) is 0 Å². The molecule has 8 nitrogen and oxygen atoms in total. The summed E-state index contributed by atoms with van der Waals surface area (Å²) in [5.74, 6) is -3.08. The topological polar surface area (TPSA) is 116 Å². The van der Waals surface area contributed by atoms with Crippen molar-refractivity contribution in [3.05, 3.63) is 0 Å². The molecule has 1 N–H and O–H groups in total. The first-order chi connectivity index (χ1) is 11.6. The molecule has 0 aromatic heterocycles. The van der Waals surface area contributed by atoms with E-state index in [2.05, 4.69) is 10.1 Å². The fourth-order valence-corrected chi connectivity index (χ4v) is 2.87. The van der Waals surface area contributed by atoms with Crippen LogP contribution >= 0.6 is 11.8 Å². The van der Waals surface area contributed by atoms with Crippen LogP contribution in [0.4, 0.5) is 0 Å². The van der Waals surface area contributed by atoms with E-state index in [0.29, 0.717) is 11.8 Å². The van der Waals surface area contributed by atoms with Gasteiger partial charge in [0, 0.05) is 11.2 Å². The molecule has 9 heteroatoms. The first kappa shape index (κ1) is 23.1.